The zero-order valence-electron chi connectivity index (χ0n) is 9.77. The molecular formula is C13H17NO2. The van der Waals surface area contributed by atoms with Gasteiger partial charge in [0.15, 0.2) is 0 Å². The average Bonchev–Trinajstić information content (AvgIpc) is 2.28. The summed E-state index contributed by atoms with van der Waals surface area (Å²) in [6, 6.07) is 3.80. The van der Waals surface area contributed by atoms with Crippen molar-refractivity contribution < 1.29 is 9.53 Å². The summed E-state index contributed by atoms with van der Waals surface area (Å²) in [6.07, 6.45) is 4.02. The van der Waals surface area contributed by atoms with Gasteiger partial charge in [0.25, 0.3) is 0 Å². The number of hydrogen-bond donors (Lipinski definition) is 0. The summed E-state index contributed by atoms with van der Waals surface area (Å²) in [7, 11) is 0. The molecule has 0 saturated carbocycles. The van der Waals surface area contributed by atoms with E-state index in [9.17, 15) is 4.79 Å². The van der Waals surface area contributed by atoms with Crippen LogP contribution in [-0.2, 0) is 9.53 Å². The fourth-order valence-electron chi connectivity index (χ4n) is 1.43. The van der Waals surface area contributed by atoms with Crippen LogP contribution in [0, 0.1) is 6.92 Å². The molecule has 86 valence electrons. The largest absolute Gasteiger partial charge is 0.465 e. The second-order valence-electron chi connectivity index (χ2n) is 3.59. The maximum Gasteiger partial charge on any atom is 0.315 e. The lowest BCUT2D eigenvalue weighted by molar-refractivity contribution is -0.145. The SMILES string of the molecule is C=CCC(C(=O)OCC)c1ccc(C)cn1. The Bertz CT molecular complexity index is 357. The fourth-order valence-corrected chi connectivity index (χ4v) is 1.43. The quantitative estimate of drug-likeness (QED) is 0.564. The second-order valence-corrected chi connectivity index (χ2v) is 3.59. The van der Waals surface area contributed by atoms with Gasteiger partial charge < -0.3 is 4.74 Å². The summed E-state index contributed by atoms with van der Waals surface area (Å²) in [4.78, 5) is 16.0. The van der Waals surface area contributed by atoms with Crippen molar-refractivity contribution in [3.63, 3.8) is 0 Å². The van der Waals surface area contributed by atoms with E-state index in [0.29, 0.717) is 13.0 Å². The number of ether oxygens (including phenoxy) is 1. The van der Waals surface area contributed by atoms with E-state index in [1.165, 1.54) is 0 Å². The molecule has 0 amide bonds. The summed E-state index contributed by atoms with van der Waals surface area (Å²) >= 11 is 0. The molecule has 1 unspecified atom stereocenters. The van der Waals surface area contributed by atoms with Crippen LogP contribution >= 0.6 is 0 Å². The highest BCUT2D eigenvalue weighted by molar-refractivity contribution is 5.77. The highest BCUT2D eigenvalue weighted by Gasteiger charge is 2.21. The molecule has 0 radical (unpaired) electrons. The maximum atomic E-state index is 11.7. The lowest BCUT2D eigenvalue weighted by Crippen LogP contribution is -2.16. The lowest BCUT2D eigenvalue weighted by Gasteiger charge is -2.13. The van der Waals surface area contributed by atoms with Gasteiger partial charge in [0.05, 0.1) is 12.3 Å². The topological polar surface area (TPSA) is 39.2 Å². The monoisotopic (exact) mass is 219 g/mol. The van der Waals surface area contributed by atoms with Crippen LogP contribution in [0.4, 0.5) is 0 Å². The van der Waals surface area contributed by atoms with Crippen molar-refractivity contribution >= 4 is 5.97 Å². The Hall–Kier alpha value is -1.64. The molecule has 3 heteroatoms. The van der Waals surface area contributed by atoms with Crippen LogP contribution < -0.4 is 0 Å². The molecule has 1 rings (SSSR count). The minimum Gasteiger partial charge on any atom is -0.465 e. The summed E-state index contributed by atoms with van der Waals surface area (Å²) in [5.74, 6) is -0.572. The molecule has 0 aromatic carbocycles. The Morgan fingerprint density at radius 1 is 1.62 bits per heavy atom. The molecule has 16 heavy (non-hydrogen) atoms. The van der Waals surface area contributed by atoms with Gasteiger partial charge in [0, 0.05) is 6.20 Å². The lowest BCUT2D eigenvalue weighted by atomic mass is 10.0. The Kier molecular flexibility index (Phi) is 4.70. The van der Waals surface area contributed by atoms with Crippen LogP contribution in [0.1, 0.15) is 30.5 Å². The van der Waals surface area contributed by atoms with E-state index in [0.717, 1.165) is 11.3 Å². The molecule has 0 spiro atoms. The van der Waals surface area contributed by atoms with Gasteiger partial charge in [-0.3, -0.25) is 9.78 Å². The van der Waals surface area contributed by atoms with E-state index in [1.54, 1.807) is 19.2 Å². The predicted octanol–water partition coefficient (Wildman–Crippen LogP) is 2.61. The van der Waals surface area contributed by atoms with Crippen LogP contribution in [0.25, 0.3) is 0 Å². The molecule has 0 bridgehead atoms. The number of carbonyl (C=O) groups is 1. The van der Waals surface area contributed by atoms with Crippen LogP contribution in [0.2, 0.25) is 0 Å². The molecule has 1 heterocycles. The maximum absolute atomic E-state index is 11.7. The molecule has 1 aromatic heterocycles. The Morgan fingerprint density at radius 3 is 2.88 bits per heavy atom. The highest BCUT2D eigenvalue weighted by Crippen LogP contribution is 2.20. The van der Waals surface area contributed by atoms with Gasteiger partial charge in [-0.05, 0) is 31.9 Å². The van der Waals surface area contributed by atoms with Crippen molar-refractivity contribution in [2.45, 2.75) is 26.2 Å². The summed E-state index contributed by atoms with van der Waals surface area (Å²) in [5, 5.41) is 0. The van der Waals surface area contributed by atoms with E-state index in [-0.39, 0.29) is 11.9 Å². The fraction of sp³-hybridized carbons (Fsp3) is 0.385. The summed E-state index contributed by atoms with van der Waals surface area (Å²) in [6.45, 7) is 7.80. The molecule has 0 aliphatic carbocycles. The molecule has 0 fully saturated rings. The number of esters is 1. The van der Waals surface area contributed by atoms with E-state index >= 15 is 0 Å². The molecule has 0 saturated heterocycles. The van der Waals surface area contributed by atoms with Gasteiger partial charge in [-0.15, -0.1) is 6.58 Å². The average molecular weight is 219 g/mol. The Labute approximate surface area is 96.2 Å². The number of aromatic nitrogens is 1. The third kappa shape index (κ3) is 3.19. The number of pyridine rings is 1. The number of allylic oxidation sites excluding steroid dienone is 1. The number of carbonyl (C=O) groups excluding carboxylic acids is 1. The van der Waals surface area contributed by atoms with Crippen molar-refractivity contribution in [3.8, 4) is 0 Å². The molecule has 3 nitrogen and oxygen atoms in total. The first-order valence-corrected chi connectivity index (χ1v) is 5.39. The van der Waals surface area contributed by atoms with Crippen LogP contribution in [0.3, 0.4) is 0 Å². The van der Waals surface area contributed by atoms with Crippen molar-refractivity contribution in [2.75, 3.05) is 6.61 Å². The van der Waals surface area contributed by atoms with Crippen molar-refractivity contribution in [3.05, 3.63) is 42.2 Å². The minimum absolute atomic E-state index is 0.237. The molecule has 0 aliphatic rings. The number of nitrogens with zero attached hydrogens (tertiary/aromatic N) is 1. The van der Waals surface area contributed by atoms with E-state index in [2.05, 4.69) is 11.6 Å². The smallest absolute Gasteiger partial charge is 0.315 e. The predicted molar refractivity (Wildman–Crippen MR) is 63.2 cm³/mol. The first kappa shape index (κ1) is 12.4. The van der Waals surface area contributed by atoms with Crippen LogP contribution in [0.5, 0.6) is 0 Å². The first-order valence-electron chi connectivity index (χ1n) is 5.39. The molecule has 0 aliphatic heterocycles. The summed E-state index contributed by atoms with van der Waals surface area (Å²) in [5.41, 5.74) is 1.81. The standard InChI is InChI=1S/C13H17NO2/c1-4-6-11(13(15)16-5-2)12-8-7-10(3)9-14-12/h4,7-9,11H,1,5-6H2,2-3H3. The first-order chi connectivity index (χ1) is 7.69. The van der Waals surface area contributed by atoms with Crippen molar-refractivity contribution in [1.82, 2.24) is 4.98 Å². The second kappa shape index (κ2) is 6.05. The molecule has 1 atom stereocenters. The highest BCUT2D eigenvalue weighted by atomic mass is 16.5. The van der Waals surface area contributed by atoms with Crippen LogP contribution in [-0.4, -0.2) is 17.6 Å². The van der Waals surface area contributed by atoms with Gasteiger partial charge in [0.1, 0.15) is 5.92 Å². The van der Waals surface area contributed by atoms with Gasteiger partial charge in [0.2, 0.25) is 0 Å². The van der Waals surface area contributed by atoms with Crippen LogP contribution in [0.15, 0.2) is 31.0 Å². The van der Waals surface area contributed by atoms with Gasteiger partial charge >= 0.3 is 5.97 Å². The van der Waals surface area contributed by atoms with E-state index in [1.807, 2.05) is 19.1 Å². The van der Waals surface area contributed by atoms with Crippen molar-refractivity contribution in [1.29, 1.82) is 0 Å². The Morgan fingerprint density at radius 2 is 2.38 bits per heavy atom. The third-order valence-corrected chi connectivity index (χ3v) is 2.26. The molecular weight excluding hydrogens is 202 g/mol. The molecule has 0 N–H and O–H groups in total. The Balaban J connectivity index is 2.88. The molecule has 1 aromatic rings. The van der Waals surface area contributed by atoms with Crippen molar-refractivity contribution in [2.24, 2.45) is 0 Å². The van der Waals surface area contributed by atoms with Gasteiger partial charge in [-0.1, -0.05) is 12.1 Å². The van der Waals surface area contributed by atoms with Gasteiger partial charge in [-0.2, -0.15) is 0 Å². The normalized spacial score (nSPS) is 11.9. The summed E-state index contributed by atoms with van der Waals surface area (Å²) < 4.78 is 5.01. The zero-order chi connectivity index (χ0) is 12.0. The third-order valence-electron chi connectivity index (χ3n) is 2.26. The van der Waals surface area contributed by atoms with Gasteiger partial charge in [-0.25, -0.2) is 0 Å². The minimum atomic E-state index is -0.335. The van der Waals surface area contributed by atoms with E-state index < -0.39 is 0 Å². The number of rotatable bonds is 5. The number of aryl methyl sites for hydroxylation is 1. The number of hydrogen-bond acceptors (Lipinski definition) is 3. The zero-order valence-corrected chi connectivity index (χ0v) is 9.77. The van der Waals surface area contributed by atoms with E-state index in [4.69, 9.17) is 4.74 Å².